The summed E-state index contributed by atoms with van der Waals surface area (Å²) in [5.41, 5.74) is 1.90. The maximum atomic E-state index is 10.8. The van der Waals surface area contributed by atoms with Gasteiger partial charge >= 0.3 is 5.97 Å². The number of carboxylic acids is 1. The molecular formula is C13H11BrN2O2. The summed E-state index contributed by atoms with van der Waals surface area (Å²) in [6, 6.07) is 10.8. The van der Waals surface area contributed by atoms with Crippen LogP contribution in [0.2, 0.25) is 0 Å². The standard InChI is InChI=1S/C13H11BrN2O2/c14-10-1-3-11(4-2-10)16-8-12-7-9(13(17)18)5-6-15-12/h1-7,16H,8H2,(H,17,18). The van der Waals surface area contributed by atoms with Crippen LogP contribution in [0.5, 0.6) is 0 Å². The lowest BCUT2D eigenvalue weighted by Gasteiger charge is -2.06. The first-order valence-electron chi connectivity index (χ1n) is 5.33. The molecule has 2 N–H and O–H groups in total. The summed E-state index contributed by atoms with van der Waals surface area (Å²) >= 11 is 3.36. The van der Waals surface area contributed by atoms with Gasteiger partial charge in [0.2, 0.25) is 0 Å². The second-order valence-electron chi connectivity index (χ2n) is 3.70. The van der Waals surface area contributed by atoms with Crippen LogP contribution in [0, 0.1) is 0 Å². The van der Waals surface area contributed by atoms with Gasteiger partial charge in [0.1, 0.15) is 0 Å². The second kappa shape index (κ2) is 5.64. The summed E-state index contributed by atoms with van der Waals surface area (Å²) in [7, 11) is 0. The van der Waals surface area contributed by atoms with Crippen molar-refractivity contribution in [2.75, 3.05) is 5.32 Å². The Morgan fingerprint density at radius 2 is 2.00 bits per heavy atom. The van der Waals surface area contributed by atoms with Crippen molar-refractivity contribution in [1.29, 1.82) is 0 Å². The van der Waals surface area contributed by atoms with Gasteiger partial charge in [-0.1, -0.05) is 15.9 Å². The molecule has 0 radical (unpaired) electrons. The average molecular weight is 307 g/mol. The van der Waals surface area contributed by atoms with E-state index in [1.54, 1.807) is 6.07 Å². The van der Waals surface area contributed by atoms with Crippen molar-refractivity contribution >= 4 is 27.6 Å². The minimum atomic E-state index is -0.942. The number of hydrogen-bond donors (Lipinski definition) is 2. The number of carboxylic acid groups (broad SMARTS) is 1. The molecule has 0 saturated carbocycles. The van der Waals surface area contributed by atoms with Crippen LogP contribution in [-0.2, 0) is 6.54 Å². The second-order valence-corrected chi connectivity index (χ2v) is 4.62. The van der Waals surface area contributed by atoms with Gasteiger partial charge < -0.3 is 10.4 Å². The Labute approximate surface area is 113 Å². The summed E-state index contributed by atoms with van der Waals surface area (Å²) in [5, 5.41) is 12.0. The van der Waals surface area contributed by atoms with E-state index in [9.17, 15) is 4.79 Å². The molecule has 0 amide bonds. The topological polar surface area (TPSA) is 62.2 Å². The number of rotatable bonds is 4. The van der Waals surface area contributed by atoms with Gasteiger partial charge in [0.25, 0.3) is 0 Å². The number of nitrogens with one attached hydrogen (secondary N) is 1. The summed E-state index contributed by atoms with van der Waals surface area (Å²) in [6.07, 6.45) is 1.50. The van der Waals surface area contributed by atoms with Gasteiger partial charge in [-0.05, 0) is 36.4 Å². The summed E-state index contributed by atoms with van der Waals surface area (Å²) < 4.78 is 1.01. The highest BCUT2D eigenvalue weighted by molar-refractivity contribution is 9.10. The van der Waals surface area contributed by atoms with Crippen molar-refractivity contribution in [3.63, 3.8) is 0 Å². The SMILES string of the molecule is O=C(O)c1ccnc(CNc2ccc(Br)cc2)c1. The number of pyridine rings is 1. The van der Waals surface area contributed by atoms with Crippen LogP contribution in [0.1, 0.15) is 16.1 Å². The predicted molar refractivity (Wildman–Crippen MR) is 72.7 cm³/mol. The molecule has 1 heterocycles. The highest BCUT2D eigenvalue weighted by atomic mass is 79.9. The molecule has 0 unspecified atom stereocenters. The number of hydrogen-bond acceptors (Lipinski definition) is 3. The van der Waals surface area contributed by atoms with Gasteiger partial charge in [0.15, 0.2) is 0 Å². The monoisotopic (exact) mass is 306 g/mol. The molecule has 0 aliphatic heterocycles. The zero-order valence-corrected chi connectivity index (χ0v) is 11.0. The summed E-state index contributed by atoms with van der Waals surface area (Å²) in [6.45, 7) is 0.489. The normalized spacial score (nSPS) is 10.1. The van der Waals surface area contributed by atoms with Crippen molar-refractivity contribution in [2.45, 2.75) is 6.54 Å². The van der Waals surface area contributed by atoms with E-state index in [1.165, 1.54) is 12.3 Å². The fourth-order valence-corrected chi connectivity index (χ4v) is 1.73. The Morgan fingerprint density at radius 3 is 2.67 bits per heavy atom. The Balaban J connectivity index is 2.04. The van der Waals surface area contributed by atoms with Gasteiger partial charge in [-0.2, -0.15) is 0 Å². The summed E-state index contributed by atoms with van der Waals surface area (Å²) in [5.74, 6) is -0.942. The largest absolute Gasteiger partial charge is 0.478 e. The first-order chi connectivity index (χ1) is 8.65. The molecule has 0 aliphatic rings. The summed E-state index contributed by atoms with van der Waals surface area (Å²) in [4.78, 5) is 14.9. The van der Waals surface area contributed by atoms with E-state index in [4.69, 9.17) is 5.11 Å². The Kier molecular flexibility index (Phi) is 3.94. The third-order valence-electron chi connectivity index (χ3n) is 2.38. The average Bonchev–Trinajstić information content (AvgIpc) is 2.38. The zero-order chi connectivity index (χ0) is 13.0. The molecule has 1 aromatic heterocycles. The van der Waals surface area contributed by atoms with E-state index in [0.717, 1.165) is 10.2 Å². The molecule has 0 spiro atoms. The van der Waals surface area contributed by atoms with Gasteiger partial charge in [-0.15, -0.1) is 0 Å². The van der Waals surface area contributed by atoms with Crippen molar-refractivity contribution in [1.82, 2.24) is 4.98 Å². The lowest BCUT2D eigenvalue weighted by molar-refractivity contribution is 0.0696. The molecular weight excluding hydrogens is 296 g/mol. The van der Waals surface area contributed by atoms with Crippen LogP contribution in [0.25, 0.3) is 0 Å². The van der Waals surface area contributed by atoms with Crippen LogP contribution < -0.4 is 5.32 Å². The van der Waals surface area contributed by atoms with Crippen molar-refractivity contribution in [2.24, 2.45) is 0 Å². The van der Waals surface area contributed by atoms with Gasteiger partial charge in [-0.3, -0.25) is 4.98 Å². The molecule has 18 heavy (non-hydrogen) atoms. The molecule has 0 bridgehead atoms. The van der Waals surface area contributed by atoms with E-state index in [2.05, 4.69) is 26.2 Å². The highest BCUT2D eigenvalue weighted by Gasteiger charge is 2.03. The number of carbonyl (C=O) groups is 1. The fourth-order valence-electron chi connectivity index (χ4n) is 1.47. The predicted octanol–water partition coefficient (Wildman–Crippen LogP) is 3.15. The molecule has 0 aliphatic carbocycles. The van der Waals surface area contributed by atoms with Crippen molar-refractivity contribution < 1.29 is 9.90 Å². The molecule has 0 atom stereocenters. The number of aromatic carboxylic acids is 1. The highest BCUT2D eigenvalue weighted by Crippen LogP contribution is 2.14. The van der Waals surface area contributed by atoms with Crippen LogP contribution >= 0.6 is 15.9 Å². The van der Waals surface area contributed by atoms with E-state index < -0.39 is 5.97 Å². The van der Waals surface area contributed by atoms with Crippen LogP contribution in [-0.4, -0.2) is 16.1 Å². The molecule has 1 aromatic carbocycles. The number of anilines is 1. The third-order valence-corrected chi connectivity index (χ3v) is 2.91. The fraction of sp³-hybridized carbons (Fsp3) is 0.0769. The number of halogens is 1. The van der Waals surface area contributed by atoms with Crippen LogP contribution in [0.15, 0.2) is 47.1 Å². The maximum absolute atomic E-state index is 10.8. The lowest BCUT2D eigenvalue weighted by Crippen LogP contribution is -2.04. The number of aromatic nitrogens is 1. The number of benzene rings is 1. The third kappa shape index (κ3) is 3.30. The molecule has 92 valence electrons. The molecule has 2 aromatic rings. The number of nitrogens with zero attached hydrogens (tertiary/aromatic N) is 1. The van der Waals surface area contributed by atoms with Gasteiger partial charge in [0.05, 0.1) is 17.8 Å². The molecule has 0 saturated heterocycles. The Bertz CT molecular complexity index is 555. The van der Waals surface area contributed by atoms with E-state index in [1.807, 2.05) is 24.3 Å². The Hall–Kier alpha value is -1.88. The van der Waals surface area contributed by atoms with Gasteiger partial charge in [0, 0.05) is 16.4 Å². The van der Waals surface area contributed by atoms with Crippen LogP contribution in [0.4, 0.5) is 5.69 Å². The molecule has 5 heteroatoms. The maximum Gasteiger partial charge on any atom is 0.335 e. The smallest absolute Gasteiger partial charge is 0.335 e. The van der Waals surface area contributed by atoms with Gasteiger partial charge in [-0.25, -0.2) is 4.79 Å². The van der Waals surface area contributed by atoms with E-state index >= 15 is 0 Å². The van der Waals surface area contributed by atoms with Crippen LogP contribution in [0.3, 0.4) is 0 Å². The lowest BCUT2D eigenvalue weighted by atomic mass is 10.2. The first kappa shape index (κ1) is 12.6. The minimum absolute atomic E-state index is 0.248. The molecule has 4 nitrogen and oxygen atoms in total. The minimum Gasteiger partial charge on any atom is -0.478 e. The first-order valence-corrected chi connectivity index (χ1v) is 6.12. The zero-order valence-electron chi connectivity index (χ0n) is 9.43. The van der Waals surface area contributed by atoms with E-state index in [-0.39, 0.29) is 5.56 Å². The quantitative estimate of drug-likeness (QED) is 0.911. The molecule has 0 fully saturated rings. The van der Waals surface area contributed by atoms with Crippen molar-refractivity contribution in [3.8, 4) is 0 Å². The Morgan fingerprint density at radius 1 is 1.28 bits per heavy atom. The van der Waals surface area contributed by atoms with E-state index in [0.29, 0.717) is 12.2 Å². The molecule has 2 rings (SSSR count). The van der Waals surface area contributed by atoms with Crippen molar-refractivity contribution in [3.05, 3.63) is 58.3 Å².